The number of thiazole rings is 1. The molecule has 7 nitrogen and oxygen atoms in total. The van der Waals surface area contributed by atoms with Crippen LogP contribution in [0.15, 0.2) is 94.3 Å². The molecular weight excluding hydrogens is 562 g/mol. The second-order valence-corrected chi connectivity index (χ2v) is 10.9. The number of rotatable bonds is 6. The van der Waals surface area contributed by atoms with Crippen LogP contribution in [0.25, 0.3) is 39.4 Å². The molecule has 0 spiro atoms. The van der Waals surface area contributed by atoms with Crippen molar-refractivity contribution in [2.24, 2.45) is 0 Å². The van der Waals surface area contributed by atoms with Crippen LogP contribution in [-0.4, -0.2) is 30.5 Å². The van der Waals surface area contributed by atoms with Gasteiger partial charge in [-0.05, 0) is 68.5 Å². The lowest BCUT2D eigenvalue weighted by Crippen LogP contribution is -2.23. The van der Waals surface area contributed by atoms with Crippen LogP contribution in [0.3, 0.4) is 0 Å². The molecule has 3 heterocycles. The van der Waals surface area contributed by atoms with E-state index < -0.39 is 0 Å². The second kappa shape index (κ2) is 10.00. The molecule has 0 amide bonds. The summed E-state index contributed by atoms with van der Waals surface area (Å²) in [4.78, 5) is 18.4. The monoisotopic (exact) mass is 583 g/mol. The molecule has 0 saturated carbocycles. The molecule has 0 aliphatic heterocycles. The number of hydrogen-bond donors (Lipinski definition) is 0. The average Bonchev–Trinajstić information content (AvgIpc) is 3.60. The van der Waals surface area contributed by atoms with E-state index in [0.717, 1.165) is 38.3 Å². The SMILES string of the molecule is CC(C)Oc1ccc(-c2nn(-c3ccccc3)cc2C=c2sc3nc(-c4ccc(Br)cc4)nn3c2=O)cc1. The van der Waals surface area contributed by atoms with Gasteiger partial charge < -0.3 is 4.74 Å². The largest absolute Gasteiger partial charge is 0.491 e. The maximum Gasteiger partial charge on any atom is 0.291 e. The third-order valence-electron chi connectivity index (χ3n) is 5.83. The van der Waals surface area contributed by atoms with Crippen molar-refractivity contribution in [3.05, 3.63) is 110 Å². The van der Waals surface area contributed by atoms with Gasteiger partial charge in [-0.15, -0.1) is 5.10 Å². The van der Waals surface area contributed by atoms with Gasteiger partial charge in [0, 0.05) is 27.4 Å². The zero-order chi connectivity index (χ0) is 26.2. The summed E-state index contributed by atoms with van der Waals surface area (Å²) in [6.07, 6.45) is 3.89. The van der Waals surface area contributed by atoms with Crippen LogP contribution in [-0.2, 0) is 0 Å². The van der Waals surface area contributed by atoms with Gasteiger partial charge in [0.25, 0.3) is 5.56 Å². The Kier molecular flexibility index (Phi) is 6.39. The molecule has 188 valence electrons. The van der Waals surface area contributed by atoms with Crippen molar-refractivity contribution in [3.63, 3.8) is 0 Å². The molecule has 0 N–H and O–H groups in total. The van der Waals surface area contributed by atoms with E-state index in [4.69, 9.17) is 9.84 Å². The first kappa shape index (κ1) is 24.3. The Morgan fingerprint density at radius 2 is 1.63 bits per heavy atom. The van der Waals surface area contributed by atoms with Gasteiger partial charge in [-0.25, -0.2) is 4.68 Å². The van der Waals surface area contributed by atoms with Crippen LogP contribution in [0.2, 0.25) is 0 Å². The van der Waals surface area contributed by atoms with Crippen molar-refractivity contribution in [1.29, 1.82) is 0 Å². The Morgan fingerprint density at radius 1 is 0.921 bits per heavy atom. The van der Waals surface area contributed by atoms with Gasteiger partial charge in [-0.3, -0.25) is 4.79 Å². The third-order valence-corrected chi connectivity index (χ3v) is 7.32. The normalized spacial score (nSPS) is 12.1. The molecule has 0 bridgehead atoms. The Hall–Kier alpha value is -4.08. The summed E-state index contributed by atoms with van der Waals surface area (Å²) < 4.78 is 10.5. The van der Waals surface area contributed by atoms with Crippen molar-refractivity contribution in [1.82, 2.24) is 24.4 Å². The summed E-state index contributed by atoms with van der Waals surface area (Å²) in [6, 6.07) is 25.4. The number of fused-ring (bicyclic) bond motifs is 1. The predicted octanol–water partition coefficient (Wildman–Crippen LogP) is 5.77. The summed E-state index contributed by atoms with van der Waals surface area (Å²) in [6.45, 7) is 4.00. The number of hydrogen-bond acceptors (Lipinski definition) is 6. The van der Waals surface area contributed by atoms with Gasteiger partial charge in [0.1, 0.15) is 11.4 Å². The average molecular weight is 584 g/mol. The summed E-state index contributed by atoms with van der Waals surface area (Å²) in [5, 5.41) is 9.35. The molecule has 0 aliphatic rings. The summed E-state index contributed by atoms with van der Waals surface area (Å²) >= 11 is 4.75. The zero-order valence-corrected chi connectivity index (χ0v) is 23.0. The highest BCUT2D eigenvalue weighted by atomic mass is 79.9. The smallest absolute Gasteiger partial charge is 0.291 e. The molecule has 0 saturated heterocycles. The minimum Gasteiger partial charge on any atom is -0.491 e. The number of halogens is 1. The van der Waals surface area contributed by atoms with Gasteiger partial charge >= 0.3 is 0 Å². The maximum atomic E-state index is 13.3. The third kappa shape index (κ3) is 4.78. The number of aromatic nitrogens is 5. The topological polar surface area (TPSA) is 74.3 Å². The van der Waals surface area contributed by atoms with E-state index in [9.17, 15) is 4.79 Å². The van der Waals surface area contributed by atoms with E-state index in [1.54, 1.807) is 0 Å². The summed E-state index contributed by atoms with van der Waals surface area (Å²) in [5.74, 6) is 1.32. The lowest BCUT2D eigenvalue weighted by atomic mass is 10.1. The van der Waals surface area contributed by atoms with Crippen LogP contribution in [0.1, 0.15) is 19.4 Å². The lowest BCUT2D eigenvalue weighted by molar-refractivity contribution is 0.242. The van der Waals surface area contributed by atoms with Crippen LogP contribution < -0.4 is 14.8 Å². The Bertz CT molecular complexity index is 1840. The molecule has 6 aromatic rings. The summed E-state index contributed by atoms with van der Waals surface area (Å²) in [7, 11) is 0. The van der Waals surface area contributed by atoms with Crippen LogP contribution in [0, 0.1) is 0 Å². The van der Waals surface area contributed by atoms with Crippen LogP contribution in [0.5, 0.6) is 5.75 Å². The van der Waals surface area contributed by atoms with Gasteiger partial charge in [0.2, 0.25) is 4.96 Å². The first-order valence-corrected chi connectivity index (χ1v) is 13.6. The van der Waals surface area contributed by atoms with E-state index in [2.05, 4.69) is 26.0 Å². The summed E-state index contributed by atoms with van der Waals surface area (Å²) in [5.41, 5.74) is 4.08. The molecule has 0 radical (unpaired) electrons. The van der Waals surface area contributed by atoms with Gasteiger partial charge in [-0.1, -0.05) is 57.6 Å². The van der Waals surface area contributed by atoms with Crippen molar-refractivity contribution in [2.45, 2.75) is 20.0 Å². The molecule has 9 heteroatoms. The molecule has 3 aromatic heterocycles. The number of para-hydroxylation sites is 1. The van der Waals surface area contributed by atoms with Crippen molar-refractivity contribution >= 4 is 38.3 Å². The van der Waals surface area contributed by atoms with Crippen LogP contribution >= 0.6 is 27.3 Å². The van der Waals surface area contributed by atoms with Gasteiger partial charge in [0.05, 0.1) is 16.3 Å². The fourth-order valence-electron chi connectivity index (χ4n) is 4.09. The number of nitrogens with zero attached hydrogens (tertiary/aromatic N) is 5. The fraction of sp³-hybridized carbons (Fsp3) is 0.103. The highest BCUT2D eigenvalue weighted by Gasteiger charge is 2.15. The molecule has 0 unspecified atom stereocenters. The lowest BCUT2D eigenvalue weighted by Gasteiger charge is -2.09. The number of benzene rings is 3. The van der Waals surface area contributed by atoms with Crippen molar-refractivity contribution < 1.29 is 4.74 Å². The number of ether oxygens (including phenoxy) is 1. The first-order valence-electron chi connectivity index (χ1n) is 12.0. The fourth-order valence-corrected chi connectivity index (χ4v) is 5.25. The molecular formula is C29H22BrN5O2S. The first-order chi connectivity index (χ1) is 18.4. The predicted molar refractivity (Wildman–Crippen MR) is 154 cm³/mol. The quantitative estimate of drug-likeness (QED) is 0.249. The zero-order valence-electron chi connectivity index (χ0n) is 20.6. The Labute approximate surface area is 230 Å². The maximum absolute atomic E-state index is 13.3. The molecule has 0 atom stereocenters. The standard InChI is InChI=1S/C29H22BrN5O2S/c1-18(2)37-24-14-10-19(11-15-24)26-21(17-34(32-26)23-6-4-3-5-7-23)16-25-28(36)35-29(38-25)31-27(33-35)20-8-12-22(30)13-9-20/h3-18H,1-2H3. The molecule has 6 rings (SSSR count). The van der Waals surface area contributed by atoms with E-state index >= 15 is 0 Å². The Balaban J connectivity index is 1.44. The van der Waals surface area contributed by atoms with Crippen molar-refractivity contribution in [2.75, 3.05) is 0 Å². The van der Waals surface area contributed by atoms with Crippen LogP contribution in [0.4, 0.5) is 0 Å². The van der Waals surface area contributed by atoms with E-state index in [1.165, 1.54) is 15.9 Å². The second-order valence-electron chi connectivity index (χ2n) is 8.96. The van der Waals surface area contributed by atoms with Gasteiger partial charge in [0.15, 0.2) is 5.82 Å². The van der Waals surface area contributed by atoms with Crippen molar-refractivity contribution in [3.8, 4) is 34.1 Å². The highest BCUT2D eigenvalue weighted by Crippen LogP contribution is 2.27. The van der Waals surface area contributed by atoms with Gasteiger partial charge in [-0.2, -0.15) is 14.6 Å². The molecule has 38 heavy (non-hydrogen) atoms. The van der Waals surface area contributed by atoms with E-state index in [0.29, 0.717) is 15.3 Å². The molecule has 3 aromatic carbocycles. The minimum absolute atomic E-state index is 0.0909. The minimum atomic E-state index is -0.208. The highest BCUT2D eigenvalue weighted by molar-refractivity contribution is 9.10. The molecule has 0 fully saturated rings. The van der Waals surface area contributed by atoms with E-state index in [1.807, 2.05) is 110 Å². The Morgan fingerprint density at radius 3 is 2.32 bits per heavy atom. The van der Waals surface area contributed by atoms with E-state index in [-0.39, 0.29) is 11.7 Å². The molecule has 0 aliphatic carbocycles.